The Morgan fingerprint density at radius 1 is 1.33 bits per heavy atom. The van der Waals surface area contributed by atoms with Crippen LogP contribution in [-0.4, -0.2) is 18.6 Å². The topological polar surface area (TPSA) is 41.1 Å². The zero-order valence-corrected chi connectivity index (χ0v) is 11.9. The summed E-state index contributed by atoms with van der Waals surface area (Å²) in [5, 5.41) is 5.19. The van der Waals surface area contributed by atoms with Gasteiger partial charge in [0.15, 0.2) is 0 Å². The lowest BCUT2D eigenvalue weighted by atomic mass is 10.0. The van der Waals surface area contributed by atoms with Crippen LogP contribution in [0.3, 0.4) is 0 Å². The maximum Gasteiger partial charge on any atom is 0.471 e. The number of alkyl halides is 3. The number of carbonyl (C=O) groups excluding carboxylic acids is 1. The minimum Gasteiger partial charge on any atom is -0.318 e. The normalized spacial score (nSPS) is 16.6. The molecule has 1 fully saturated rings. The molecule has 2 N–H and O–H groups in total. The van der Waals surface area contributed by atoms with E-state index in [4.69, 9.17) is 0 Å². The van der Waals surface area contributed by atoms with Gasteiger partial charge in [0.2, 0.25) is 0 Å². The number of rotatable bonds is 6. The van der Waals surface area contributed by atoms with Gasteiger partial charge in [0.1, 0.15) is 0 Å². The van der Waals surface area contributed by atoms with Gasteiger partial charge in [-0.25, -0.2) is 0 Å². The molecule has 1 amide bonds. The minimum absolute atomic E-state index is 0.160. The maximum atomic E-state index is 12.2. The Balaban J connectivity index is 1.87. The third-order valence-corrected chi connectivity index (χ3v) is 3.98. The molecule has 3 nitrogen and oxygen atoms in total. The Bertz CT molecular complexity index is 510. The van der Waals surface area contributed by atoms with Gasteiger partial charge in [0.25, 0.3) is 0 Å². The summed E-state index contributed by atoms with van der Waals surface area (Å²) in [6.07, 6.45) is -1.26. The van der Waals surface area contributed by atoms with Crippen molar-refractivity contribution in [3.63, 3.8) is 0 Å². The lowest BCUT2D eigenvalue weighted by Gasteiger charge is -2.14. The molecule has 116 valence electrons. The Morgan fingerprint density at radius 2 is 2.05 bits per heavy atom. The highest BCUT2D eigenvalue weighted by Crippen LogP contribution is 2.47. The van der Waals surface area contributed by atoms with Crippen molar-refractivity contribution in [1.29, 1.82) is 0 Å². The first kappa shape index (κ1) is 15.8. The largest absolute Gasteiger partial charge is 0.471 e. The molecule has 0 spiro atoms. The first-order chi connectivity index (χ1) is 9.85. The Kier molecular flexibility index (Phi) is 4.56. The summed E-state index contributed by atoms with van der Waals surface area (Å²) in [7, 11) is 0. The lowest BCUT2D eigenvalue weighted by molar-refractivity contribution is -0.167. The van der Waals surface area contributed by atoms with Gasteiger partial charge in [-0.1, -0.05) is 19.1 Å². The quantitative estimate of drug-likeness (QED) is 0.844. The van der Waals surface area contributed by atoms with Gasteiger partial charge >= 0.3 is 12.1 Å². The van der Waals surface area contributed by atoms with Crippen LogP contribution in [0.4, 0.5) is 18.9 Å². The molecule has 0 bridgehead atoms. The second-order valence-corrected chi connectivity index (χ2v) is 5.61. The van der Waals surface area contributed by atoms with Gasteiger partial charge in [0.05, 0.1) is 0 Å². The van der Waals surface area contributed by atoms with E-state index >= 15 is 0 Å². The van der Waals surface area contributed by atoms with Crippen LogP contribution in [-0.2, 0) is 11.3 Å². The molecular weight excluding hydrogens is 281 g/mol. The van der Waals surface area contributed by atoms with Crippen LogP contribution >= 0.6 is 0 Å². The van der Waals surface area contributed by atoms with Crippen molar-refractivity contribution in [3.05, 3.63) is 29.8 Å². The fourth-order valence-electron chi connectivity index (χ4n) is 2.27. The Labute approximate surface area is 121 Å². The van der Waals surface area contributed by atoms with Crippen LogP contribution in [0, 0.1) is 5.41 Å². The zero-order chi connectivity index (χ0) is 15.5. The lowest BCUT2D eigenvalue weighted by Crippen LogP contribution is -2.30. The molecule has 2 rings (SSSR count). The number of halogens is 3. The van der Waals surface area contributed by atoms with Crippen LogP contribution in [0.25, 0.3) is 0 Å². The van der Waals surface area contributed by atoms with Crippen molar-refractivity contribution < 1.29 is 18.0 Å². The number of nitrogens with one attached hydrogen (secondary N) is 2. The average molecular weight is 300 g/mol. The number of amides is 1. The molecule has 1 saturated carbocycles. The molecule has 0 heterocycles. The molecule has 0 aliphatic heterocycles. The smallest absolute Gasteiger partial charge is 0.318 e. The Morgan fingerprint density at radius 3 is 2.62 bits per heavy atom. The monoisotopic (exact) mass is 300 g/mol. The molecular formula is C15H19F3N2O. The van der Waals surface area contributed by atoms with E-state index in [0.29, 0.717) is 12.0 Å². The third-order valence-electron chi connectivity index (χ3n) is 3.98. The zero-order valence-electron chi connectivity index (χ0n) is 11.9. The highest BCUT2D eigenvalue weighted by Gasteiger charge is 2.40. The van der Waals surface area contributed by atoms with Crippen LogP contribution in [0.15, 0.2) is 24.3 Å². The summed E-state index contributed by atoms with van der Waals surface area (Å²) in [4.78, 5) is 10.9. The van der Waals surface area contributed by atoms with Crippen molar-refractivity contribution in [3.8, 4) is 0 Å². The molecule has 21 heavy (non-hydrogen) atoms. The van der Waals surface area contributed by atoms with E-state index in [1.165, 1.54) is 18.9 Å². The Hall–Kier alpha value is -1.56. The van der Waals surface area contributed by atoms with Gasteiger partial charge < -0.3 is 10.6 Å². The van der Waals surface area contributed by atoms with E-state index in [1.807, 2.05) is 11.4 Å². The first-order valence-corrected chi connectivity index (χ1v) is 7.02. The first-order valence-electron chi connectivity index (χ1n) is 7.02. The number of hydrogen-bond acceptors (Lipinski definition) is 2. The highest BCUT2D eigenvalue weighted by atomic mass is 19.4. The van der Waals surface area contributed by atoms with E-state index in [1.54, 1.807) is 12.1 Å². The molecule has 1 aliphatic carbocycles. The van der Waals surface area contributed by atoms with Crippen molar-refractivity contribution in [2.75, 3.05) is 11.9 Å². The molecule has 0 saturated heterocycles. The summed E-state index contributed by atoms with van der Waals surface area (Å²) in [6.45, 7) is 3.67. The van der Waals surface area contributed by atoms with Gasteiger partial charge in [0, 0.05) is 18.8 Å². The summed E-state index contributed by atoms with van der Waals surface area (Å²) < 4.78 is 36.6. The van der Waals surface area contributed by atoms with Crippen molar-refractivity contribution in [2.24, 2.45) is 5.41 Å². The molecule has 0 aromatic heterocycles. The number of benzene rings is 1. The highest BCUT2D eigenvalue weighted by molar-refractivity contribution is 5.94. The van der Waals surface area contributed by atoms with E-state index in [0.717, 1.165) is 18.5 Å². The van der Waals surface area contributed by atoms with Gasteiger partial charge in [-0.05, 0) is 42.4 Å². The van der Waals surface area contributed by atoms with Crippen molar-refractivity contribution in [1.82, 2.24) is 5.32 Å². The predicted molar refractivity (Wildman–Crippen MR) is 74.8 cm³/mol. The summed E-state index contributed by atoms with van der Waals surface area (Å²) in [5.74, 6) is -1.95. The van der Waals surface area contributed by atoms with Crippen molar-refractivity contribution >= 4 is 11.6 Å². The second kappa shape index (κ2) is 6.05. The maximum absolute atomic E-state index is 12.2. The SMILES string of the molecule is CCC1(CNCc2cccc(NC(=O)C(F)(F)F)c2)CC1. The number of hydrogen-bond donors (Lipinski definition) is 2. The fourth-order valence-corrected chi connectivity index (χ4v) is 2.27. The molecule has 1 aromatic rings. The molecule has 0 atom stereocenters. The molecule has 1 aromatic carbocycles. The third kappa shape index (κ3) is 4.46. The second-order valence-electron chi connectivity index (χ2n) is 5.61. The van der Waals surface area contributed by atoms with Crippen molar-refractivity contribution in [2.45, 2.75) is 38.9 Å². The molecule has 1 aliphatic rings. The van der Waals surface area contributed by atoms with E-state index < -0.39 is 12.1 Å². The minimum atomic E-state index is -4.87. The predicted octanol–water partition coefficient (Wildman–Crippen LogP) is 3.47. The van der Waals surface area contributed by atoms with Crippen LogP contribution in [0.1, 0.15) is 31.7 Å². The molecule has 0 radical (unpaired) electrons. The van der Waals surface area contributed by atoms with E-state index in [-0.39, 0.29) is 5.69 Å². The van der Waals surface area contributed by atoms with Crippen LogP contribution in [0.5, 0.6) is 0 Å². The van der Waals surface area contributed by atoms with Gasteiger partial charge in [-0.15, -0.1) is 0 Å². The number of anilines is 1. The summed E-state index contributed by atoms with van der Waals surface area (Å²) in [6, 6.07) is 6.46. The average Bonchev–Trinajstić information content (AvgIpc) is 3.19. The summed E-state index contributed by atoms with van der Waals surface area (Å²) in [5.41, 5.74) is 1.43. The fraction of sp³-hybridized carbons (Fsp3) is 0.533. The van der Waals surface area contributed by atoms with Crippen LogP contribution < -0.4 is 10.6 Å². The van der Waals surface area contributed by atoms with Crippen LogP contribution in [0.2, 0.25) is 0 Å². The van der Waals surface area contributed by atoms with Gasteiger partial charge in [-0.2, -0.15) is 13.2 Å². The van der Waals surface area contributed by atoms with E-state index in [9.17, 15) is 18.0 Å². The standard InChI is InChI=1S/C15H19F3N2O/c1-2-14(6-7-14)10-19-9-11-4-3-5-12(8-11)20-13(21)15(16,17)18/h3-5,8,19H,2,6-7,9-10H2,1H3,(H,20,21). The molecule has 6 heteroatoms. The number of carbonyl (C=O) groups is 1. The van der Waals surface area contributed by atoms with E-state index in [2.05, 4.69) is 12.2 Å². The summed E-state index contributed by atoms with van der Waals surface area (Å²) >= 11 is 0. The van der Waals surface area contributed by atoms with Gasteiger partial charge in [-0.3, -0.25) is 4.79 Å². The molecule has 0 unspecified atom stereocenters.